The van der Waals surface area contributed by atoms with Crippen LogP contribution >= 0.6 is 0 Å². The minimum Gasteiger partial charge on any atom is -0.362 e. The van der Waals surface area contributed by atoms with E-state index in [0.29, 0.717) is 11.6 Å². The molecule has 4 nitrogen and oxygen atoms in total. The van der Waals surface area contributed by atoms with Crippen molar-refractivity contribution in [2.75, 3.05) is 0 Å². The molecule has 1 N–H and O–H groups in total. The molecule has 0 aromatic carbocycles. The van der Waals surface area contributed by atoms with Gasteiger partial charge in [0.05, 0.1) is 12.4 Å². The number of hydrogen-bond donors (Lipinski definition) is 1. The van der Waals surface area contributed by atoms with Crippen molar-refractivity contribution in [2.24, 2.45) is 0 Å². The summed E-state index contributed by atoms with van der Waals surface area (Å²) < 4.78 is 1.70. The summed E-state index contributed by atoms with van der Waals surface area (Å²) in [6.07, 6.45) is 5.06. The Morgan fingerprint density at radius 1 is 1.70 bits per heavy atom. The fourth-order valence-electron chi connectivity index (χ4n) is 0.875. The fraction of sp³-hybridized carbons (Fsp3) is 0. The van der Waals surface area contributed by atoms with Crippen molar-refractivity contribution < 1.29 is 0 Å². The van der Waals surface area contributed by atoms with Crippen LogP contribution in [0.4, 0.5) is 5.82 Å². The van der Waals surface area contributed by atoms with Crippen LogP contribution in [-0.2, 0) is 0 Å². The van der Waals surface area contributed by atoms with Crippen LogP contribution in [0.1, 0.15) is 0 Å². The maximum Gasteiger partial charge on any atom is 0.286 e. The zero-order valence-corrected chi connectivity index (χ0v) is 5.07. The molecule has 2 rings (SSSR count). The molecule has 0 aliphatic carbocycles. The molecule has 0 spiro atoms. The Morgan fingerprint density at radius 3 is 3.40 bits per heavy atom. The Hall–Kier alpha value is -1.76. The first-order chi connectivity index (χ1) is 4.92. The summed E-state index contributed by atoms with van der Waals surface area (Å²) in [5, 5.41) is 0. The summed E-state index contributed by atoms with van der Waals surface area (Å²) in [5.41, 5.74) is 0. The Balaban J connectivity index is 2.92. The Bertz CT molecular complexity index is 389. The number of aromatic nitrogens is 3. The van der Waals surface area contributed by atoms with Crippen LogP contribution in [-0.4, -0.2) is 14.4 Å². The second-order valence-electron chi connectivity index (χ2n) is 1.88. The van der Waals surface area contributed by atoms with Gasteiger partial charge in [0.25, 0.3) is 11.6 Å². The van der Waals surface area contributed by atoms with E-state index in [4.69, 9.17) is 6.57 Å². The van der Waals surface area contributed by atoms with E-state index in [1.165, 1.54) is 0 Å². The summed E-state index contributed by atoms with van der Waals surface area (Å²) in [6, 6.07) is 0. The van der Waals surface area contributed by atoms with Gasteiger partial charge < -0.3 is 9.83 Å². The first-order valence-electron chi connectivity index (χ1n) is 2.80. The number of nitrogens with one attached hydrogen (secondary N) is 1. The third-order valence-corrected chi connectivity index (χ3v) is 1.33. The van der Waals surface area contributed by atoms with Gasteiger partial charge in [-0.2, -0.15) is 0 Å². The van der Waals surface area contributed by atoms with Gasteiger partial charge in [0, 0.05) is 6.20 Å². The number of nitrogens with zero attached hydrogens (tertiary/aromatic N) is 3. The first kappa shape index (κ1) is 5.06. The molecule has 0 radical (unpaired) electrons. The highest BCUT2D eigenvalue weighted by molar-refractivity contribution is 5.46. The quantitative estimate of drug-likeness (QED) is 0.537. The topological polar surface area (TPSA) is 37.5 Å². The van der Waals surface area contributed by atoms with Crippen LogP contribution in [0.25, 0.3) is 10.6 Å². The van der Waals surface area contributed by atoms with E-state index >= 15 is 0 Å². The van der Waals surface area contributed by atoms with Gasteiger partial charge in [-0.25, -0.2) is 9.38 Å². The predicted molar refractivity (Wildman–Crippen MR) is 35.8 cm³/mol. The van der Waals surface area contributed by atoms with E-state index in [9.17, 15) is 0 Å². The van der Waals surface area contributed by atoms with Gasteiger partial charge in [0.1, 0.15) is 0 Å². The smallest absolute Gasteiger partial charge is 0.286 e. The molecule has 0 saturated carbocycles. The summed E-state index contributed by atoms with van der Waals surface area (Å²) in [5.74, 6) is 1.25. The minimum atomic E-state index is 0.538. The van der Waals surface area contributed by atoms with Gasteiger partial charge in [0.2, 0.25) is 0 Å². The molecule has 0 saturated heterocycles. The lowest BCUT2D eigenvalue weighted by molar-refractivity contribution is 1.22. The molecule has 0 amide bonds. The molecular weight excluding hydrogens is 128 g/mol. The third-order valence-electron chi connectivity index (χ3n) is 1.33. The van der Waals surface area contributed by atoms with E-state index in [1.54, 1.807) is 23.0 Å². The van der Waals surface area contributed by atoms with Gasteiger partial charge >= 0.3 is 0 Å². The maximum absolute atomic E-state index is 6.73. The molecule has 0 bridgehead atoms. The van der Waals surface area contributed by atoms with E-state index < -0.39 is 0 Å². The number of aromatic amines is 1. The fourth-order valence-corrected chi connectivity index (χ4v) is 0.875. The average Bonchev–Trinajstić information content (AvgIpc) is 2.44. The summed E-state index contributed by atoms with van der Waals surface area (Å²) in [7, 11) is 0. The molecule has 4 heteroatoms. The molecule has 2 heterocycles. The number of hydrogen-bond acceptors (Lipinski definition) is 1. The maximum atomic E-state index is 6.73. The molecular formula is C6H4N4. The van der Waals surface area contributed by atoms with Crippen LogP contribution in [0.15, 0.2) is 18.6 Å². The Morgan fingerprint density at radius 2 is 2.60 bits per heavy atom. The van der Waals surface area contributed by atoms with E-state index in [0.717, 1.165) is 0 Å². The van der Waals surface area contributed by atoms with Crippen molar-refractivity contribution in [3.63, 3.8) is 0 Å². The highest BCUT2D eigenvalue weighted by Gasteiger charge is 2.01. The highest BCUT2D eigenvalue weighted by Crippen LogP contribution is 2.12. The molecule has 10 heavy (non-hydrogen) atoms. The minimum absolute atomic E-state index is 0.538. The van der Waals surface area contributed by atoms with E-state index in [-0.39, 0.29) is 0 Å². The van der Waals surface area contributed by atoms with Crippen molar-refractivity contribution in [3.05, 3.63) is 30.0 Å². The van der Waals surface area contributed by atoms with Crippen LogP contribution in [0.3, 0.4) is 0 Å². The van der Waals surface area contributed by atoms with Gasteiger partial charge in [-0.05, 0) is 0 Å². The zero-order valence-electron chi connectivity index (χ0n) is 5.07. The van der Waals surface area contributed by atoms with Crippen molar-refractivity contribution >= 4 is 11.6 Å². The molecule has 0 atom stereocenters. The molecule has 2 aromatic rings. The van der Waals surface area contributed by atoms with Crippen molar-refractivity contribution in [2.45, 2.75) is 0 Å². The number of fused-ring (bicyclic) bond motifs is 1. The standard InChI is InChI=1S/C6H4N4/c1-7-5-4-9-6-8-2-3-10(5)6/h2-4H,(H,8,9). The Labute approximate surface area is 56.9 Å². The first-order valence-corrected chi connectivity index (χ1v) is 2.80. The second kappa shape index (κ2) is 1.61. The number of rotatable bonds is 0. The monoisotopic (exact) mass is 132 g/mol. The van der Waals surface area contributed by atoms with Crippen molar-refractivity contribution in [1.82, 2.24) is 14.4 Å². The largest absolute Gasteiger partial charge is 0.362 e. The normalized spacial score (nSPS) is 9.90. The third kappa shape index (κ3) is 0.463. The molecule has 0 unspecified atom stereocenters. The van der Waals surface area contributed by atoms with Crippen LogP contribution < -0.4 is 0 Å². The zero-order chi connectivity index (χ0) is 6.97. The molecule has 0 aliphatic heterocycles. The van der Waals surface area contributed by atoms with Crippen LogP contribution in [0.2, 0.25) is 0 Å². The van der Waals surface area contributed by atoms with Gasteiger partial charge in [0.15, 0.2) is 0 Å². The molecule has 0 fully saturated rings. The molecule has 2 aromatic heterocycles. The lowest BCUT2D eigenvalue weighted by Crippen LogP contribution is -1.72. The predicted octanol–water partition coefficient (Wildman–Crippen LogP) is 1.21. The lowest BCUT2D eigenvalue weighted by Gasteiger charge is -1.78. The van der Waals surface area contributed by atoms with Gasteiger partial charge in [-0.1, -0.05) is 6.57 Å². The summed E-state index contributed by atoms with van der Waals surface area (Å²) in [6.45, 7) is 6.73. The summed E-state index contributed by atoms with van der Waals surface area (Å²) in [4.78, 5) is 10.1. The Kier molecular flexibility index (Phi) is 0.814. The number of H-pyrrole nitrogens is 1. The van der Waals surface area contributed by atoms with Crippen LogP contribution in [0.5, 0.6) is 0 Å². The van der Waals surface area contributed by atoms with Gasteiger partial charge in [-0.3, -0.25) is 0 Å². The highest BCUT2D eigenvalue weighted by atomic mass is 15.1. The average molecular weight is 132 g/mol. The second-order valence-corrected chi connectivity index (χ2v) is 1.88. The van der Waals surface area contributed by atoms with E-state index in [1.807, 2.05) is 0 Å². The van der Waals surface area contributed by atoms with Gasteiger partial charge in [-0.15, -0.1) is 0 Å². The molecule has 0 aliphatic rings. The van der Waals surface area contributed by atoms with Crippen LogP contribution in [0, 0.1) is 6.57 Å². The molecule has 48 valence electrons. The number of imidazole rings is 2. The lowest BCUT2D eigenvalue weighted by atomic mass is 10.7. The van der Waals surface area contributed by atoms with E-state index in [2.05, 4.69) is 14.8 Å². The summed E-state index contributed by atoms with van der Waals surface area (Å²) >= 11 is 0. The van der Waals surface area contributed by atoms with Crippen molar-refractivity contribution in [1.29, 1.82) is 0 Å². The van der Waals surface area contributed by atoms with Crippen molar-refractivity contribution in [3.8, 4) is 0 Å². The SMILES string of the molecule is [C-]#[N+]c1cnc2[nH]ccn12.